The highest BCUT2D eigenvalue weighted by molar-refractivity contribution is 6.31. The molecular formula is C32H31ClN6O2. The van der Waals surface area contributed by atoms with Gasteiger partial charge in [-0.3, -0.25) is 4.79 Å². The lowest BCUT2D eigenvalue weighted by molar-refractivity contribution is 0.0694. The molecule has 1 fully saturated rings. The Morgan fingerprint density at radius 3 is 2.63 bits per heavy atom. The molecule has 41 heavy (non-hydrogen) atoms. The van der Waals surface area contributed by atoms with Gasteiger partial charge in [0.25, 0.3) is 11.9 Å². The second-order valence-corrected chi connectivity index (χ2v) is 11.2. The van der Waals surface area contributed by atoms with Crippen LogP contribution < -0.4 is 4.90 Å². The number of amides is 1. The Morgan fingerprint density at radius 2 is 1.85 bits per heavy atom. The lowest BCUT2D eigenvalue weighted by atomic mass is 9.77. The first-order chi connectivity index (χ1) is 19.9. The number of rotatable bonds is 7. The summed E-state index contributed by atoms with van der Waals surface area (Å²) in [6, 6.07) is 22.1. The van der Waals surface area contributed by atoms with Crippen LogP contribution >= 0.6 is 11.6 Å². The van der Waals surface area contributed by atoms with Crippen LogP contribution in [0.2, 0.25) is 5.02 Å². The second-order valence-electron chi connectivity index (χ2n) is 10.8. The number of carbonyl (C=O) groups is 1. The van der Waals surface area contributed by atoms with Crippen LogP contribution in [0.3, 0.4) is 0 Å². The van der Waals surface area contributed by atoms with Crippen LogP contribution in [0.1, 0.15) is 27.9 Å². The summed E-state index contributed by atoms with van der Waals surface area (Å²) in [6.07, 6.45) is 6.64. The molecule has 0 N–H and O–H groups in total. The summed E-state index contributed by atoms with van der Waals surface area (Å²) in [6.45, 7) is 8.31. The largest absolute Gasteiger partial charge is 0.423 e. The van der Waals surface area contributed by atoms with Crippen molar-refractivity contribution >= 4 is 34.6 Å². The second kappa shape index (κ2) is 11.2. The van der Waals surface area contributed by atoms with E-state index in [-0.39, 0.29) is 11.3 Å². The minimum Gasteiger partial charge on any atom is -0.423 e. The average molecular weight is 567 g/mol. The fourth-order valence-corrected chi connectivity index (χ4v) is 5.94. The van der Waals surface area contributed by atoms with Crippen molar-refractivity contribution in [2.75, 3.05) is 31.1 Å². The number of aromatic nitrogens is 4. The van der Waals surface area contributed by atoms with Gasteiger partial charge in [-0.25, -0.2) is 0 Å². The lowest BCUT2D eigenvalue weighted by Gasteiger charge is -2.37. The molecule has 1 atom stereocenters. The van der Waals surface area contributed by atoms with Gasteiger partial charge in [-0.1, -0.05) is 59.6 Å². The summed E-state index contributed by atoms with van der Waals surface area (Å²) < 4.78 is 6.21. The number of aryl methyl sites for hydroxylation is 1. The Balaban J connectivity index is 1.41. The van der Waals surface area contributed by atoms with E-state index in [1.54, 1.807) is 24.5 Å². The van der Waals surface area contributed by atoms with Crippen molar-refractivity contribution in [2.24, 2.45) is 5.41 Å². The molecule has 0 aliphatic carbocycles. The first-order valence-electron chi connectivity index (χ1n) is 13.7. The van der Waals surface area contributed by atoms with Crippen LogP contribution in [-0.4, -0.2) is 57.0 Å². The normalized spacial score (nSPS) is 17.5. The van der Waals surface area contributed by atoms with E-state index in [4.69, 9.17) is 21.0 Å². The quantitative estimate of drug-likeness (QED) is 0.220. The number of carbonyl (C=O) groups excluding carboxylic acids is 1. The van der Waals surface area contributed by atoms with Crippen molar-refractivity contribution in [3.05, 3.63) is 113 Å². The predicted octanol–water partition coefficient (Wildman–Crippen LogP) is 6.14. The van der Waals surface area contributed by atoms with E-state index in [0.29, 0.717) is 66.0 Å². The van der Waals surface area contributed by atoms with Crippen LogP contribution in [0, 0.1) is 12.3 Å². The summed E-state index contributed by atoms with van der Waals surface area (Å²) in [5.74, 6) is -0.0614. The molecule has 1 aliphatic rings. The van der Waals surface area contributed by atoms with E-state index >= 15 is 0 Å². The highest BCUT2D eigenvalue weighted by Crippen LogP contribution is 2.36. The topological polar surface area (TPSA) is 80.3 Å². The molecule has 0 radical (unpaired) electrons. The van der Waals surface area contributed by atoms with E-state index in [1.807, 2.05) is 48.2 Å². The van der Waals surface area contributed by atoms with E-state index in [2.05, 4.69) is 45.9 Å². The summed E-state index contributed by atoms with van der Waals surface area (Å²) in [5.41, 5.74) is 4.45. The van der Waals surface area contributed by atoms with E-state index < -0.39 is 0 Å². The number of hydrogen-bond donors (Lipinski definition) is 0. The minimum atomic E-state index is -0.346. The molecule has 5 aromatic rings. The predicted molar refractivity (Wildman–Crippen MR) is 161 cm³/mol. The summed E-state index contributed by atoms with van der Waals surface area (Å²) in [7, 11) is 0. The van der Waals surface area contributed by atoms with Gasteiger partial charge < -0.3 is 14.2 Å². The van der Waals surface area contributed by atoms with Gasteiger partial charge in [0.1, 0.15) is 5.52 Å². The van der Waals surface area contributed by atoms with Crippen LogP contribution in [0.25, 0.3) is 16.8 Å². The Bertz CT molecular complexity index is 1680. The monoisotopic (exact) mass is 566 g/mol. The highest BCUT2D eigenvalue weighted by atomic mass is 35.5. The number of benzene rings is 3. The molecule has 8 nitrogen and oxygen atoms in total. The number of anilines is 1. The van der Waals surface area contributed by atoms with Crippen molar-refractivity contribution in [2.45, 2.75) is 19.8 Å². The van der Waals surface area contributed by atoms with Gasteiger partial charge in [-0.2, -0.15) is 20.0 Å². The van der Waals surface area contributed by atoms with E-state index in [0.717, 1.165) is 12.0 Å². The SMILES string of the molecule is C=CC[C@]1(Cc2ccccc2)CN(C(=O)c2cc(C)ccc2-n2nccn2)CCN(c2nc3cc(Cl)ccc3o2)C1. The molecule has 3 aromatic carbocycles. The Morgan fingerprint density at radius 1 is 1.05 bits per heavy atom. The number of nitrogens with zero attached hydrogens (tertiary/aromatic N) is 6. The van der Waals surface area contributed by atoms with Crippen molar-refractivity contribution in [1.82, 2.24) is 24.9 Å². The standard InChI is InChI=1S/C32H31ClN6O2/c1-3-13-32(20-24-7-5-4-6-8-24)21-37(30(40)26-18-23(2)9-11-28(26)39-34-14-15-35-39)16-17-38(22-32)31-36-27-19-25(33)10-12-29(27)41-31/h3-12,14-15,18-19H,1,13,16-17,20-22H2,2H3/t32-/m0/s1. The third-order valence-corrected chi connectivity index (χ3v) is 7.84. The Hall–Kier alpha value is -4.43. The third-order valence-electron chi connectivity index (χ3n) is 7.60. The molecule has 1 saturated heterocycles. The maximum atomic E-state index is 14.3. The molecule has 3 heterocycles. The Kier molecular flexibility index (Phi) is 7.32. The van der Waals surface area contributed by atoms with Crippen LogP contribution in [-0.2, 0) is 6.42 Å². The maximum absolute atomic E-state index is 14.3. The summed E-state index contributed by atoms with van der Waals surface area (Å²) in [5, 5.41) is 9.20. The molecule has 0 unspecified atom stereocenters. The molecule has 1 aliphatic heterocycles. The number of hydrogen-bond acceptors (Lipinski definition) is 6. The Labute approximate surface area is 243 Å². The molecule has 6 rings (SSSR count). The molecule has 0 spiro atoms. The van der Waals surface area contributed by atoms with Gasteiger partial charge in [0.05, 0.1) is 23.6 Å². The highest BCUT2D eigenvalue weighted by Gasteiger charge is 2.39. The molecule has 0 bridgehead atoms. The third kappa shape index (κ3) is 5.60. The average Bonchev–Trinajstić information content (AvgIpc) is 3.61. The smallest absolute Gasteiger partial charge is 0.298 e. The minimum absolute atomic E-state index is 0.0614. The molecular weight excluding hydrogens is 536 g/mol. The molecule has 0 saturated carbocycles. The zero-order chi connectivity index (χ0) is 28.4. The maximum Gasteiger partial charge on any atom is 0.298 e. The summed E-state index contributed by atoms with van der Waals surface area (Å²) >= 11 is 6.23. The fourth-order valence-electron chi connectivity index (χ4n) is 5.77. The van der Waals surface area contributed by atoms with Crippen molar-refractivity contribution in [3.63, 3.8) is 0 Å². The zero-order valence-corrected chi connectivity index (χ0v) is 23.7. The van der Waals surface area contributed by atoms with E-state index in [1.165, 1.54) is 10.4 Å². The van der Waals surface area contributed by atoms with Crippen LogP contribution in [0.15, 0.2) is 96.2 Å². The lowest BCUT2D eigenvalue weighted by Crippen LogP contribution is -2.44. The van der Waals surface area contributed by atoms with Gasteiger partial charge in [-0.15, -0.1) is 6.58 Å². The van der Waals surface area contributed by atoms with Crippen molar-refractivity contribution in [1.29, 1.82) is 0 Å². The fraction of sp³-hybridized carbons (Fsp3) is 0.250. The zero-order valence-electron chi connectivity index (χ0n) is 22.9. The van der Waals surface area contributed by atoms with Gasteiger partial charge in [0, 0.05) is 36.6 Å². The first kappa shape index (κ1) is 26.8. The summed E-state index contributed by atoms with van der Waals surface area (Å²) in [4.78, 5) is 24.7. The van der Waals surface area contributed by atoms with E-state index in [9.17, 15) is 4.79 Å². The van der Waals surface area contributed by atoms with Gasteiger partial charge in [0.15, 0.2) is 5.58 Å². The molecule has 9 heteroatoms. The number of fused-ring (bicyclic) bond motifs is 1. The van der Waals surface area contributed by atoms with Gasteiger partial charge in [0.2, 0.25) is 0 Å². The van der Waals surface area contributed by atoms with Gasteiger partial charge in [-0.05, 0) is 55.7 Å². The van der Waals surface area contributed by atoms with Crippen molar-refractivity contribution < 1.29 is 9.21 Å². The van der Waals surface area contributed by atoms with Crippen LogP contribution in [0.4, 0.5) is 6.01 Å². The number of oxazole rings is 1. The molecule has 2 aromatic heterocycles. The van der Waals surface area contributed by atoms with Gasteiger partial charge >= 0.3 is 0 Å². The molecule has 1 amide bonds. The number of halogens is 1. The van der Waals surface area contributed by atoms with Crippen LogP contribution in [0.5, 0.6) is 0 Å². The number of allylic oxidation sites excluding steroid dienone is 1. The van der Waals surface area contributed by atoms with Crippen molar-refractivity contribution in [3.8, 4) is 5.69 Å². The molecule has 208 valence electrons. The first-order valence-corrected chi connectivity index (χ1v) is 14.0.